The third kappa shape index (κ3) is 5.09. The van der Waals surface area contributed by atoms with Crippen LogP contribution in [0.4, 0.5) is 9.80 Å². The molecule has 146 valence electrons. The number of urea groups is 1. The van der Waals surface area contributed by atoms with Gasteiger partial charge in [-0.25, -0.2) is 13.2 Å². The van der Waals surface area contributed by atoms with E-state index in [0.717, 1.165) is 29.8 Å². The van der Waals surface area contributed by atoms with Crippen LogP contribution in [0.5, 0.6) is 0 Å². The van der Waals surface area contributed by atoms with Crippen molar-refractivity contribution in [2.24, 2.45) is 0 Å². The second-order valence-corrected chi connectivity index (χ2v) is 9.56. The Labute approximate surface area is 164 Å². The predicted octanol–water partition coefficient (Wildman–Crippen LogP) is 3.81. The van der Waals surface area contributed by atoms with Crippen molar-refractivity contribution >= 4 is 32.4 Å². The van der Waals surface area contributed by atoms with Crippen LogP contribution < -0.4 is 10.6 Å². The molecule has 0 spiro atoms. The number of thiophene rings is 1. The van der Waals surface area contributed by atoms with Gasteiger partial charge in [0.2, 0.25) is 10.0 Å². The first kappa shape index (κ1) is 19.9. The van der Waals surface area contributed by atoms with E-state index in [9.17, 15) is 13.2 Å². The molecular weight excluding hydrogens is 382 g/mol. The molecule has 2 amide bonds. The summed E-state index contributed by atoms with van der Waals surface area (Å²) in [5, 5.41) is 8.27. The van der Waals surface area contributed by atoms with Crippen molar-refractivity contribution in [2.75, 3.05) is 18.4 Å². The molecule has 3 rings (SSSR count). The van der Waals surface area contributed by atoms with Gasteiger partial charge in [0.25, 0.3) is 0 Å². The summed E-state index contributed by atoms with van der Waals surface area (Å²) in [4.78, 5) is 12.3. The molecule has 1 aromatic carbocycles. The second-order valence-electron chi connectivity index (χ2n) is 6.73. The molecule has 2 heterocycles. The zero-order chi connectivity index (χ0) is 19.3. The van der Waals surface area contributed by atoms with Crippen LogP contribution in [0, 0.1) is 6.92 Å². The molecule has 1 aliphatic heterocycles. The average molecular weight is 408 g/mol. The van der Waals surface area contributed by atoms with Gasteiger partial charge >= 0.3 is 6.03 Å². The molecule has 2 aromatic rings. The van der Waals surface area contributed by atoms with Gasteiger partial charge < -0.3 is 5.32 Å². The molecule has 1 fully saturated rings. The molecule has 0 unspecified atom stereocenters. The highest BCUT2D eigenvalue weighted by atomic mass is 32.2. The lowest BCUT2D eigenvalue weighted by molar-refractivity contribution is 0.234. The molecule has 0 saturated carbocycles. The number of hydrogen-bond acceptors (Lipinski definition) is 4. The van der Waals surface area contributed by atoms with Gasteiger partial charge in [0.05, 0.1) is 9.90 Å². The fraction of sp³-hybridized carbons (Fsp3) is 0.421. The number of aryl methyl sites for hydroxylation is 1. The second kappa shape index (κ2) is 8.86. The number of amides is 2. The number of carbonyl (C=O) groups is 1. The summed E-state index contributed by atoms with van der Waals surface area (Å²) < 4.78 is 27.7. The van der Waals surface area contributed by atoms with E-state index in [-0.39, 0.29) is 12.1 Å². The number of piperidine rings is 1. The molecule has 1 saturated heterocycles. The van der Waals surface area contributed by atoms with Gasteiger partial charge in [0.1, 0.15) is 0 Å². The monoisotopic (exact) mass is 407 g/mol. The molecule has 8 heteroatoms. The third-order valence-corrected chi connectivity index (χ3v) is 7.47. The normalized spacial score (nSPS) is 18.2. The Kier molecular flexibility index (Phi) is 6.51. The number of rotatable bonds is 6. The van der Waals surface area contributed by atoms with Crippen LogP contribution in [0.25, 0.3) is 0 Å². The molecule has 6 nitrogen and oxygen atoms in total. The Bertz CT molecular complexity index is 849. The quantitative estimate of drug-likeness (QED) is 0.764. The van der Waals surface area contributed by atoms with Crippen molar-refractivity contribution in [3.8, 4) is 0 Å². The third-order valence-electron chi connectivity index (χ3n) is 4.72. The molecular formula is C19H25N3O3S2. The maximum absolute atomic E-state index is 13.0. The summed E-state index contributed by atoms with van der Waals surface area (Å²) in [6.45, 7) is 2.90. The van der Waals surface area contributed by atoms with E-state index in [4.69, 9.17) is 0 Å². The highest BCUT2D eigenvalue weighted by Crippen LogP contribution is 2.27. The summed E-state index contributed by atoms with van der Waals surface area (Å²) in [6, 6.07) is 10.3. The van der Waals surface area contributed by atoms with E-state index in [0.29, 0.717) is 24.4 Å². The summed E-state index contributed by atoms with van der Waals surface area (Å²) in [7, 11) is -3.51. The van der Waals surface area contributed by atoms with Gasteiger partial charge in [-0.05, 0) is 55.8 Å². The number of hydrogen-bond donors (Lipinski definition) is 2. The standard InChI is InChI=1S/C19H25N3O3S2/c1-15-7-9-17(10-8-15)27(24,25)22-13-3-2-5-16(22)11-12-20-19(23)21-18-6-4-14-26-18/h4,6-10,14,16H,2-3,5,11-13H2,1H3,(H2,20,21,23)/t16-/m1/s1. The Morgan fingerprint density at radius 2 is 2.00 bits per heavy atom. The van der Waals surface area contributed by atoms with Crippen LogP contribution in [0.1, 0.15) is 31.2 Å². The van der Waals surface area contributed by atoms with Gasteiger partial charge in [0.15, 0.2) is 0 Å². The summed E-state index contributed by atoms with van der Waals surface area (Å²) in [5.74, 6) is 0. The lowest BCUT2D eigenvalue weighted by Crippen LogP contribution is -2.45. The molecule has 27 heavy (non-hydrogen) atoms. The van der Waals surface area contributed by atoms with Crippen molar-refractivity contribution in [1.82, 2.24) is 9.62 Å². The van der Waals surface area contributed by atoms with Crippen molar-refractivity contribution in [3.05, 3.63) is 47.3 Å². The molecule has 1 atom stereocenters. The van der Waals surface area contributed by atoms with Gasteiger partial charge in [-0.2, -0.15) is 4.31 Å². The van der Waals surface area contributed by atoms with Crippen LogP contribution in [0.15, 0.2) is 46.7 Å². The maximum atomic E-state index is 13.0. The SMILES string of the molecule is Cc1ccc(S(=O)(=O)N2CCCC[C@@H]2CCNC(=O)Nc2cccs2)cc1. The van der Waals surface area contributed by atoms with E-state index in [1.54, 1.807) is 16.4 Å². The number of sulfonamides is 1. The van der Waals surface area contributed by atoms with Crippen molar-refractivity contribution in [1.29, 1.82) is 0 Å². The molecule has 1 aromatic heterocycles. The summed E-state index contributed by atoms with van der Waals surface area (Å²) in [5.41, 5.74) is 1.03. The molecule has 0 bridgehead atoms. The topological polar surface area (TPSA) is 78.5 Å². The fourth-order valence-electron chi connectivity index (χ4n) is 3.28. The first-order chi connectivity index (χ1) is 13.0. The van der Waals surface area contributed by atoms with Crippen molar-refractivity contribution in [2.45, 2.75) is 43.5 Å². The van der Waals surface area contributed by atoms with Gasteiger partial charge in [-0.3, -0.25) is 5.32 Å². The Morgan fingerprint density at radius 3 is 2.70 bits per heavy atom. The van der Waals surface area contributed by atoms with E-state index in [2.05, 4.69) is 10.6 Å². The van der Waals surface area contributed by atoms with Crippen LogP contribution in [-0.2, 0) is 10.0 Å². The minimum absolute atomic E-state index is 0.0907. The van der Waals surface area contributed by atoms with Crippen LogP contribution in [0.3, 0.4) is 0 Å². The Morgan fingerprint density at radius 1 is 1.22 bits per heavy atom. The molecule has 0 radical (unpaired) electrons. The number of nitrogens with zero attached hydrogens (tertiary/aromatic N) is 1. The number of nitrogens with one attached hydrogen (secondary N) is 2. The largest absolute Gasteiger partial charge is 0.338 e. The van der Waals surface area contributed by atoms with E-state index in [1.807, 2.05) is 36.6 Å². The Balaban J connectivity index is 1.59. The Hall–Kier alpha value is -1.90. The lowest BCUT2D eigenvalue weighted by atomic mass is 10.0. The molecule has 2 N–H and O–H groups in total. The van der Waals surface area contributed by atoms with Gasteiger partial charge in [-0.1, -0.05) is 24.1 Å². The van der Waals surface area contributed by atoms with Crippen LogP contribution in [-0.4, -0.2) is 37.9 Å². The first-order valence-corrected chi connectivity index (χ1v) is 11.5. The summed E-state index contributed by atoms with van der Waals surface area (Å²) >= 11 is 1.46. The zero-order valence-corrected chi connectivity index (χ0v) is 17.0. The smallest absolute Gasteiger partial charge is 0.319 e. The van der Waals surface area contributed by atoms with Crippen molar-refractivity contribution < 1.29 is 13.2 Å². The number of carbonyl (C=O) groups excluding carboxylic acids is 1. The fourth-order valence-corrected chi connectivity index (χ4v) is 5.62. The van der Waals surface area contributed by atoms with Crippen LogP contribution >= 0.6 is 11.3 Å². The highest BCUT2D eigenvalue weighted by Gasteiger charge is 2.33. The van der Waals surface area contributed by atoms with Crippen molar-refractivity contribution in [3.63, 3.8) is 0 Å². The lowest BCUT2D eigenvalue weighted by Gasteiger charge is -2.34. The highest BCUT2D eigenvalue weighted by molar-refractivity contribution is 7.89. The zero-order valence-electron chi connectivity index (χ0n) is 15.3. The van der Waals surface area contributed by atoms with E-state index < -0.39 is 10.0 Å². The average Bonchev–Trinajstić information content (AvgIpc) is 3.15. The van der Waals surface area contributed by atoms with E-state index in [1.165, 1.54) is 11.3 Å². The maximum Gasteiger partial charge on any atom is 0.319 e. The number of benzene rings is 1. The number of anilines is 1. The summed E-state index contributed by atoms with van der Waals surface area (Å²) in [6.07, 6.45) is 3.29. The molecule has 1 aliphatic rings. The van der Waals surface area contributed by atoms with Crippen LogP contribution in [0.2, 0.25) is 0 Å². The minimum atomic E-state index is -3.51. The predicted molar refractivity (Wildman–Crippen MR) is 109 cm³/mol. The van der Waals surface area contributed by atoms with E-state index >= 15 is 0 Å². The van der Waals surface area contributed by atoms with Gasteiger partial charge in [0, 0.05) is 19.1 Å². The molecule has 0 aliphatic carbocycles. The minimum Gasteiger partial charge on any atom is -0.338 e. The van der Waals surface area contributed by atoms with Gasteiger partial charge in [-0.15, -0.1) is 11.3 Å². The first-order valence-electron chi connectivity index (χ1n) is 9.14.